The van der Waals surface area contributed by atoms with Crippen molar-refractivity contribution >= 4 is 5.91 Å². The molecule has 0 aliphatic carbocycles. The lowest BCUT2D eigenvalue weighted by Crippen LogP contribution is -2.42. The highest BCUT2D eigenvalue weighted by Crippen LogP contribution is 2.30. The molecule has 0 bridgehead atoms. The first-order valence-electron chi connectivity index (χ1n) is 5.78. The molecular weight excluding hydrogens is 259 g/mol. The van der Waals surface area contributed by atoms with Crippen LogP contribution in [0.4, 0.5) is 4.39 Å². The lowest BCUT2D eigenvalue weighted by Gasteiger charge is -2.25. The Balaban J connectivity index is 2.64. The van der Waals surface area contributed by atoms with Crippen molar-refractivity contribution < 1.29 is 14.3 Å². The molecule has 0 spiro atoms. The Hall–Kier alpha value is -2.71. The van der Waals surface area contributed by atoms with E-state index in [0.29, 0.717) is 0 Å². The molecular formula is C15H11FN2O2. The van der Waals surface area contributed by atoms with Crippen LogP contribution in [-0.4, -0.2) is 11.0 Å². The number of amides is 1. The Kier molecular flexibility index (Phi) is 3.51. The average Bonchev–Trinajstić information content (AvgIpc) is 2.47. The lowest BCUT2D eigenvalue weighted by atomic mass is 9.85. The average molecular weight is 270 g/mol. The van der Waals surface area contributed by atoms with Crippen LogP contribution in [0.15, 0.2) is 48.5 Å². The molecule has 0 fully saturated rings. The number of nitrogens with two attached hydrogens (primary N) is 1. The summed E-state index contributed by atoms with van der Waals surface area (Å²) in [6.07, 6.45) is 0. The van der Waals surface area contributed by atoms with Gasteiger partial charge in [0.15, 0.2) is 5.60 Å². The van der Waals surface area contributed by atoms with Crippen LogP contribution in [0, 0.1) is 17.1 Å². The number of hydrogen-bond acceptors (Lipinski definition) is 3. The Bertz CT molecular complexity index is 695. The largest absolute Gasteiger partial charge is 0.372 e. The van der Waals surface area contributed by atoms with Crippen LogP contribution in [0.1, 0.15) is 16.7 Å². The molecule has 0 saturated carbocycles. The summed E-state index contributed by atoms with van der Waals surface area (Å²) in [7, 11) is 0. The highest BCUT2D eigenvalue weighted by Gasteiger charge is 2.38. The molecule has 2 aromatic carbocycles. The van der Waals surface area contributed by atoms with E-state index in [-0.39, 0.29) is 16.7 Å². The van der Waals surface area contributed by atoms with Crippen LogP contribution in [0.5, 0.6) is 0 Å². The Morgan fingerprint density at radius 1 is 1.20 bits per heavy atom. The van der Waals surface area contributed by atoms with Gasteiger partial charge in [0.25, 0.3) is 5.91 Å². The van der Waals surface area contributed by atoms with E-state index in [1.165, 1.54) is 24.3 Å². The molecule has 0 saturated heterocycles. The Labute approximate surface area is 114 Å². The number of aliphatic hydroxyl groups is 1. The third kappa shape index (κ3) is 2.13. The zero-order valence-corrected chi connectivity index (χ0v) is 10.4. The number of primary amides is 1. The van der Waals surface area contributed by atoms with Crippen molar-refractivity contribution in [1.82, 2.24) is 0 Å². The zero-order chi connectivity index (χ0) is 14.8. The number of hydrogen-bond donors (Lipinski definition) is 2. The van der Waals surface area contributed by atoms with Gasteiger partial charge in [0.2, 0.25) is 0 Å². The van der Waals surface area contributed by atoms with Gasteiger partial charge in [-0.3, -0.25) is 4.79 Å². The smallest absolute Gasteiger partial charge is 0.258 e. The fourth-order valence-corrected chi connectivity index (χ4v) is 1.96. The number of nitriles is 1. The Morgan fingerprint density at radius 3 is 2.35 bits per heavy atom. The van der Waals surface area contributed by atoms with Gasteiger partial charge < -0.3 is 10.8 Å². The molecule has 0 heterocycles. The SMILES string of the molecule is N#Cc1ccc(C(O)(C(N)=O)c2ccccc2)cc1F. The summed E-state index contributed by atoms with van der Waals surface area (Å²) >= 11 is 0. The van der Waals surface area contributed by atoms with Crippen LogP contribution < -0.4 is 5.73 Å². The molecule has 5 heteroatoms. The van der Waals surface area contributed by atoms with Crippen molar-refractivity contribution in [3.8, 4) is 6.07 Å². The van der Waals surface area contributed by atoms with Gasteiger partial charge in [0.1, 0.15) is 11.9 Å². The van der Waals surface area contributed by atoms with Crippen molar-refractivity contribution in [2.24, 2.45) is 5.73 Å². The van der Waals surface area contributed by atoms with Crippen LogP contribution in [0.3, 0.4) is 0 Å². The predicted octanol–water partition coefficient (Wildman–Crippen LogP) is 1.42. The van der Waals surface area contributed by atoms with E-state index in [0.717, 1.165) is 6.07 Å². The minimum absolute atomic E-state index is 0.0206. The number of nitrogens with zero attached hydrogens (tertiary/aromatic N) is 1. The second-order valence-corrected chi connectivity index (χ2v) is 4.25. The summed E-state index contributed by atoms with van der Waals surface area (Å²) in [5.41, 5.74) is 3.18. The second-order valence-electron chi connectivity index (χ2n) is 4.25. The molecule has 0 aliphatic rings. The van der Waals surface area contributed by atoms with E-state index in [4.69, 9.17) is 11.0 Å². The first kappa shape index (κ1) is 13.7. The number of carbonyl (C=O) groups is 1. The van der Waals surface area contributed by atoms with E-state index in [1.807, 2.05) is 0 Å². The number of benzene rings is 2. The summed E-state index contributed by atoms with van der Waals surface area (Å²) < 4.78 is 13.7. The maximum atomic E-state index is 13.7. The topological polar surface area (TPSA) is 87.1 Å². The van der Waals surface area contributed by atoms with E-state index in [2.05, 4.69) is 0 Å². The van der Waals surface area contributed by atoms with Gasteiger partial charge in [-0.25, -0.2) is 4.39 Å². The van der Waals surface area contributed by atoms with Gasteiger partial charge in [-0.05, 0) is 17.7 Å². The maximum Gasteiger partial charge on any atom is 0.258 e. The monoisotopic (exact) mass is 270 g/mol. The highest BCUT2D eigenvalue weighted by molar-refractivity contribution is 5.88. The molecule has 0 radical (unpaired) electrons. The van der Waals surface area contributed by atoms with Crippen molar-refractivity contribution in [3.63, 3.8) is 0 Å². The third-order valence-corrected chi connectivity index (χ3v) is 3.06. The zero-order valence-electron chi connectivity index (χ0n) is 10.4. The molecule has 2 aromatic rings. The van der Waals surface area contributed by atoms with E-state index >= 15 is 0 Å². The van der Waals surface area contributed by atoms with Gasteiger partial charge >= 0.3 is 0 Å². The van der Waals surface area contributed by atoms with Crippen molar-refractivity contribution in [1.29, 1.82) is 5.26 Å². The van der Waals surface area contributed by atoms with Gasteiger partial charge in [0.05, 0.1) is 5.56 Å². The second kappa shape index (κ2) is 5.11. The molecule has 1 amide bonds. The highest BCUT2D eigenvalue weighted by atomic mass is 19.1. The summed E-state index contributed by atoms with van der Waals surface area (Å²) in [5.74, 6) is -1.84. The molecule has 0 aliphatic heterocycles. The predicted molar refractivity (Wildman–Crippen MR) is 69.8 cm³/mol. The van der Waals surface area contributed by atoms with Crippen LogP contribution in [0.25, 0.3) is 0 Å². The summed E-state index contributed by atoms with van der Waals surface area (Å²) in [6.45, 7) is 0. The van der Waals surface area contributed by atoms with E-state index < -0.39 is 17.3 Å². The fraction of sp³-hybridized carbons (Fsp3) is 0.0667. The van der Waals surface area contributed by atoms with Crippen molar-refractivity contribution in [2.75, 3.05) is 0 Å². The van der Waals surface area contributed by atoms with Gasteiger partial charge in [-0.2, -0.15) is 5.26 Å². The number of carbonyl (C=O) groups excluding carboxylic acids is 1. The molecule has 1 unspecified atom stereocenters. The molecule has 0 aromatic heterocycles. The summed E-state index contributed by atoms with van der Waals surface area (Å²) in [5, 5.41) is 19.3. The number of halogens is 1. The van der Waals surface area contributed by atoms with Crippen LogP contribution >= 0.6 is 0 Å². The van der Waals surface area contributed by atoms with E-state index in [9.17, 15) is 14.3 Å². The lowest BCUT2D eigenvalue weighted by molar-refractivity contribution is -0.133. The molecule has 1 atom stereocenters. The fourth-order valence-electron chi connectivity index (χ4n) is 1.96. The summed E-state index contributed by atoms with van der Waals surface area (Å²) in [6, 6.07) is 13.1. The molecule has 3 N–H and O–H groups in total. The molecule has 20 heavy (non-hydrogen) atoms. The normalized spacial score (nSPS) is 13.2. The van der Waals surface area contributed by atoms with Crippen LogP contribution in [-0.2, 0) is 10.4 Å². The molecule has 100 valence electrons. The number of rotatable bonds is 3. The Morgan fingerprint density at radius 2 is 1.85 bits per heavy atom. The van der Waals surface area contributed by atoms with Crippen LogP contribution in [0.2, 0.25) is 0 Å². The maximum absolute atomic E-state index is 13.7. The summed E-state index contributed by atoms with van der Waals surface area (Å²) in [4.78, 5) is 11.7. The first-order chi connectivity index (χ1) is 9.50. The van der Waals surface area contributed by atoms with Gasteiger partial charge in [-0.15, -0.1) is 0 Å². The van der Waals surface area contributed by atoms with Crippen molar-refractivity contribution in [3.05, 3.63) is 71.0 Å². The minimum atomic E-state index is -2.14. The van der Waals surface area contributed by atoms with E-state index in [1.54, 1.807) is 24.3 Å². The van der Waals surface area contributed by atoms with Gasteiger partial charge in [-0.1, -0.05) is 36.4 Å². The molecule has 2 rings (SSSR count). The van der Waals surface area contributed by atoms with Gasteiger partial charge in [0, 0.05) is 5.56 Å². The third-order valence-electron chi connectivity index (χ3n) is 3.06. The standard InChI is InChI=1S/C15H11FN2O2/c16-13-8-12(7-6-10(13)9-17)15(20,14(18)19)11-4-2-1-3-5-11/h1-8,20H,(H2,18,19). The molecule has 4 nitrogen and oxygen atoms in total. The quantitative estimate of drug-likeness (QED) is 0.884. The minimum Gasteiger partial charge on any atom is -0.372 e. The van der Waals surface area contributed by atoms with Crippen molar-refractivity contribution in [2.45, 2.75) is 5.60 Å². The first-order valence-corrected chi connectivity index (χ1v) is 5.78.